The quantitative estimate of drug-likeness (QED) is 0.775. The molecule has 0 saturated carbocycles. The third-order valence-electron chi connectivity index (χ3n) is 4.69. The number of hydrogen-bond donors (Lipinski definition) is 0. The Hall–Kier alpha value is -3.31. The lowest BCUT2D eigenvalue weighted by Gasteiger charge is -2.32. The minimum atomic E-state index is 0.0791. The lowest BCUT2D eigenvalue weighted by molar-refractivity contribution is 0.152. The van der Waals surface area contributed by atoms with Crippen LogP contribution in [0.2, 0.25) is 0 Å². The van der Waals surface area contributed by atoms with E-state index in [0.717, 1.165) is 28.8 Å². The maximum atomic E-state index is 12.6. The zero-order valence-corrected chi connectivity index (χ0v) is 15.7. The Balaban J connectivity index is 1.79. The first-order valence-electron chi connectivity index (χ1n) is 9.18. The van der Waals surface area contributed by atoms with E-state index in [1.807, 2.05) is 41.8 Å². The summed E-state index contributed by atoms with van der Waals surface area (Å²) in [6.45, 7) is 6.68. The Bertz CT molecular complexity index is 945. The molecule has 0 bridgehead atoms. The van der Waals surface area contributed by atoms with Crippen LogP contribution in [0, 0.1) is 23.2 Å². The Morgan fingerprint density at radius 1 is 1.19 bits per heavy atom. The summed E-state index contributed by atoms with van der Waals surface area (Å²) in [4.78, 5) is 20.9. The van der Waals surface area contributed by atoms with Crippen molar-refractivity contribution < 1.29 is 4.79 Å². The molecule has 0 fully saturated rings. The highest BCUT2D eigenvalue weighted by molar-refractivity contribution is 5.74. The predicted octanol–water partition coefficient (Wildman–Crippen LogP) is 3.17. The van der Waals surface area contributed by atoms with Gasteiger partial charge >= 0.3 is 6.03 Å². The summed E-state index contributed by atoms with van der Waals surface area (Å²) >= 11 is 0. The van der Waals surface area contributed by atoms with Crippen LogP contribution in [0.4, 0.5) is 4.79 Å². The van der Waals surface area contributed by atoms with E-state index in [1.165, 1.54) is 0 Å². The van der Waals surface area contributed by atoms with E-state index < -0.39 is 0 Å². The highest BCUT2D eigenvalue weighted by atomic mass is 16.2. The summed E-state index contributed by atoms with van der Waals surface area (Å²) < 4.78 is 0. The minimum absolute atomic E-state index is 0.0791. The second-order valence-electron chi connectivity index (χ2n) is 6.40. The topological polar surface area (TPSA) is 60.2 Å². The lowest BCUT2D eigenvalue weighted by Crippen LogP contribution is -2.45. The fraction of sp³-hybridized carbons (Fsp3) is 0.318. The fourth-order valence-electron chi connectivity index (χ4n) is 3.16. The van der Waals surface area contributed by atoms with E-state index in [4.69, 9.17) is 5.26 Å². The van der Waals surface area contributed by atoms with Crippen LogP contribution >= 0.6 is 0 Å². The number of fused-ring (bicyclic) bond motifs is 1. The van der Waals surface area contributed by atoms with Crippen LogP contribution in [-0.4, -0.2) is 40.4 Å². The monoisotopic (exact) mass is 358 g/mol. The van der Waals surface area contributed by atoms with Gasteiger partial charge in [-0.05, 0) is 43.7 Å². The zero-order chi connectivity index (χ0) is 19.2. The lowest BCUT2D eigenvalue weighted by atomic mass is 10.0. The third kappa shape index (κ3) is 4.27. The van der Waals surface area contributed by atoms with Gasteiger partial charge in [-0.2, -0.15) is 5.26 Å². The normalized spacial score (nSPS) is 12.4. The third-order valence-corrected chi connectivity index (χ3v) is 4.69. The van der Waals surface area contributed by atoms with Gasteiger partial charge in [0.25, 0.3) is 0 Å². The average molecular weight is 358 g/mol. The summed E-state index contributed by atoms with van der Waals surface area (Å²) in [5.41, 5.74) is 4.30. The van der Waals surface area contributed by atoms with E-state index in [9.17, 15) is 4.79 Å². The Morgan fingerprint density at radius 3 is 2.67 bits per heavy atom. The Kier molecular flexibility index (Phi) is 5.74. The van der Waals surface area contributed by atoms with Crippen molar-refractivity contribution >= 4 is 6.03 Å². The second-order valence-corrected chi connectivity index (χ2v) is 6.40. The van der Waals surface area contributed by atoms with Crippen molar-refractivity contribution in [3.8, 4) is 17.9 Å². The fourth-order valence-corrected chi connectivity index (χ4v) is 3.16. The number of nitrogens with zero attached hydrogens (tertiary/aromatic N) is 4. The molecule has 0 spiro atoms. The largest absolute Gasteiger partial charge is 0.325 e. The van der Waals surface area contributed by atoms with E-state index in [1.54, 1.807) is 18.3 Å². The molecular formula is C22H22N4O. The molecule has 0 saturated heterocycles. The van der Waals surface area contributed by atoms with Gasteiger partial charge in [0.05, 0.1) is 11.6 Å². The van der Waals surface area contributed by atoms with E-state index in [-0.39, 0.29) is 6.03 Å². The highest BCUT2D eigenvalue weighted by Gasteiger charge is 2.24. The van der Waals surface area contributed by atoms with Crippen molar-refractivity contribution in [3.05, 3.63) is 64.5 Å². The predicted molar refractivity (Wildman–Crippen MR) is 104 cm³/mol. The second kappa shape index (κ2) is 8.38. The standard InChI is InChI=1S/C22H22N4O/c1-3-25(4-2)22(27)26-11-10-21-20(16-26)13-19(15-24-21)9-8-17-6-5-7-18(12-17)14-23/h5-7,12-13,15H,3-4,10-11,16H2,1-2H3. The van der Waals surface area contributed by atoms with Gasteiger partial charge in [-0.1, -0.05) is 17.9 Å². The molecule has 0 N–H and O–H groups in total. The van der Waals surface area contributed by atoms with Crippen LogP contribution in [0.5, 0.6) is 0 Å². The van der Waals surface area contributed by atoms with E-state index >= 15 is 0 Å². The number of aromatic nitrogens is 1. The van der Waals surface area contributed by atoms with Crippen LogP contribution in [0.3, 0.4) is 0 Å². The van der Waals surface area contributed by atoms with Gasteiger partial charge in [0.1, 0.15) is 0 Å². The number of nitriles is 1. The minimum Gasteiger partial charge on any atom is -0.325 e. The summed E-state index contributed by atoms with van der Waals surface area (Å²) in [6.07, 6.45) is 2.54. The molecule has 136 valence electrons. The van der Waals surface area contributed by atoms with Crippen LogP contribution in [0.25, 0.3) is 0 Å². The zero-order valence-electron chi connectivity index (χ0n) is 15.7. The van der Waals surface area contributed by atoms with Crippen molar-refractivity contribution in [1.82, 2.24) is 14.8 Å². The maximum Gasteiger partial charge on any atom is 0.320 e. The number of benzene rings is 1. The summed E-state index contributed by atoms with van der Waals surface area (Å²) in [7, 11) is 0. The Labute approximate surface area is 160 Å². The number of amides is 2. The highest BCUT2D eigenvalue weighted by Crippen LogP contribution is 2.19. The molecule has 1 aromatic heterocycles. The number of pyridine rings is 1. The molecule has 0 unspecified atom stereocenters. The summed E-state index contributed by atoms with van der Waals surface area (Å²) in [5.74, 6) is 6.20. The van der Waals surface area contributed by atoms with Gasteiger partial charge in [-0.15, -0.1) is 0 Å². The van der Waals surface area contributed by atoms with Gasteiger partial charge < -0.3 is 9.80 Å². The summed E-state index contributed by atoms with van der Waals surface area (Å²) in [6, 6.07) is 11.4. The van der Waals surface area contributed by atoms with Crippen molar-refractivity contribution in [3.63, 3.8) is 0 Å². The molecule has 0 radical (unpaired) electrons. The number of carbonyl (C=O) groups excluding carboxylic acids is 1. The van der Waals surface area contributed by atoms with E-state index in [2.05, 4.69) is 22.9 Å². The first-order valence-corrected chi connectivity index (χ1v) is 9.18. The molecule has 1 aromatic carbocycles. The Morgan fingerprint density at radius 2 is 1.93 bits per heavy atom. The number of hydrogen-bond acceptors (Lipinski definition) is 3. The van der Waals surface area contributed by atoms with Crippen molar-refractivity contribution in [2.45, 2.75) is 26.8 Å². The molecule has 0 atom stereocenters. The van der Waals surface area contributed by atoms with Crippen molar-refractivity contribution in [2.24, 2.45) is 0 Å². The molecule has 1 aliphatic heterocycles. The SMILES string of the molecule is CCN(CC)C(=O)N1CCc2ncc(C#Cc3cccc(C#N)c3)cc2C1. The van der Waals surface area contributed by atoms with Crippen LogP contribution in [-0.2, 0) is 13.0 Å². The molecule has 1 aliphatic rings. The molecule has 27 heavy (non-hydrogen) atoms. The smallest absolute Gasteiger partial charge is 0.320 e. The molecule has 5 nitrogen and oxygen atoms in total. The first-order chi connectivity index (χ1) is 13.1. The number of rotatable bonds is 2. The van der Waals surface area contributed by atoms with Gasteiger partial charge in [0.15, 0.2) is 0 Å². The van der Waals surface area contributed by atoms with Gasteiger partial charge in [-0.25, -0.2) is 4.79 Å². The molecule has 2 aromatic rings. The molecule has 2 heterocycles. The first kappa shape index (κ1) is 18.5. The van der Waals surface area contributed by atoms with Gasteiger partial charge in [0.2, 0.25) is 0 Å². The van der Waals surface area contributed by atoms with Gasteiger partial charge in [0, 0.05) is 55.6 Å². The summed E-state index contributed by atoms with van der Waals surface area (Å²) in [5, 5.41) is 8.98. The van der Waals surface area contributed by atoms with Crippen LogP contribution in [0.1, 0.15) is 41.8 Å². The molecule has 2 amide bonds. The molecule has 0 aliphatic carbocycles. The molecular weight excluding hydrogens is 336 g/mol. The molecule has 3 rings (SSSR count). The number of urea groups is 1. The van der Waals surface area contributed by atoms with Crippen molar-refractivity contribution in [1.29, 1.82) is 5.26 Å². The van der Waals surface area contributed by atoms with E-state index in [0.29, 0.717) is 31.7 Å². The number of carbonyl (C=O) groups is 1. The maximum absolute atomic E-state index is 12.6. The van der Waals surface area contributed by atoms with Crippen LogP contribution in [0.15, 0.2) is 36.5 Å². The van der Waals surface area contributed by atoms with Crippen molar-refractivity contribution in [2.75, 3.05) is 19.6 Å². The average Bonchev–Trinajstić information content (AvgIpc) is 2.72. The van der Waals surface area contributed by atoms with Crippen LogP contribution < -0.4 is 0 Å². The molecule has 5 heteroatoms. The van der Waals surface area contributed by atoms with Gasteiger partial charge in [-0.3, -0.25) is 4.98 Å².